The predicted molar refractivity (Wildman–Crippen MR) is 119 cm³/mol. The lowest BCUT2D eigenvalue weighted by Crippen LogP contribution is -2.27. The quantitative estimate of drug-likeness (QED) is 0.544. The molecule has 5 heteroatoms. The minimum absolute atomic E-state index is 0.110. The van der Waals surface area contributed by atoms with Crippen LogP contribution in [0.1, 0.15) is 50.2 Å². The van der Waals surface area contributed by atoms with Gasteiger partial charge in [-0.3, -0.25) is 4.99 Å². The summed E-state index contributed by atoms with van der Waals surface area (Å²) in [5, 5.41) is 11.3. The van der Waals surface area contributed by atoms with Gasteiger partial charge in [0.15, 0.2) is 0 Å². The standard InChI is InChI=1S/C25H27F2N3/c1-2-20-22(26)11-17(12-23(20)27)21-10-6-7-16-13-24(30-25(16)21)18(14-28)15-29-19-8-4-3-5-9-19/h6-7,10-12,14-15,19,28-29H,2-5,8-9,13H2,1H3/b18-15+,28-14?. The number of aliphatic imine (C=N–C) groups is 1. The number of para-hydroxylation sites is 1. The van der Waals surface area contributed by atoms with Gasteiger partial charge >= 0.3 is 0 Å². The number of nitrogens with one attached hydrogen (secondary N) is 2. The van der Waals surface area contributed by atoms with E-state index in [1.165, 1.54) is 37.6 Å². The Bertz CT molecular complexity index is 994. The molecule has 0 unspecified atom stereocenters. The molecule has 2 aromatic rings. The van der Waals surface area contributed by atoms with Crippen molar-refractivity contribution in [1.29, 1.82) is 5.41 Å². The Labute approximate surface area is 176 Å². The van der Waals surface area contributed by atoms with Gasteiger partial charge in [-0.15, -0.1) is 0 Å². The van der Waals surface area contributed by atoms with Crippen molar-refractivity contribution in [1.82, 2.24) is 5.32 Å². The first-order valence-electron chi connectivity index (χ1n) is 10.8. The second-order valence-corrected chi connectivity index (χ2v) is 8.07. The third kappa shape index (κ3) is 4.07. The predicted octanol–water partition coefficient (Wildman–Crippen LogP) is 6.28. The molecule has 0 saturated heterocycles. The first kappa shape index (κ1) is 20.5. The Morgan fingerprint density at radius 2 is 1.90 bits per heavy atom. The molecule has 156 valence electrons. The lowest BCUT2D eigenvalue weighted by molar-refractivity contribution is 0.404. The molecule has 1 aliphatic heterocycles. The summed E-state index contributed by atoms with van der Waals surface area (Å²) in [6.07, 6.45) is 10.2. The Balaban J connectivity index is 1.65. The lowest BCUT2D eigenvalue weighted by Gasteiger charge is -2.22. The number of halogens is 2. The second-order valence-electron chi connectivity index (χ2n) is 8.07. The van der Waals surface area contributed by atoms with Gasteiger partial charge < -0.3 is 10.7 Å². The van der Waals surface area contributed by atoms with Crippen LogP contribution < -0.4 is 5.32 Å². The van der Waals surface area contributed by atoms with E-state index in [4.69, 9.17) is 10.4 Å². The second kappa shape index (κ2) is 8.90. The smallest absolute Gasteiger partial charge is 0.129 e. The van der Waals surface area contributed by atoms with Gasteiger partial charge in [-0.2, -0.15) is 0 Å². The Hall–Kier alpha value is -2.82. The number of allylic oxidation sites excluding steroid dienone is 1. The minimum Gasteiger partial charge on any atom is -0.388 e. The van der Waals surface area contributed by atoms with Crippen molar-refractivity contribution in [2.45, 2.75) is 57.9 Å². The van der Waals surface area contributed by atoms with Crippen LogP contribution in [0.25, 0.3) is 11.1 Å². The van der Waals surface area contributed by atoms with Gasteiger partial charge in [0.05, 0.1) is 11.4 Å². The van der Waals surface area contributed by atoms with Crippen molar-refractivity contribution >= 4 is 17.6 Å². The minimum atomic E-state index is -0.524. The number of nitrogens with zero attached hydrogens (tertiary/aromatic N) is 1. The molecular weight excluding hydrogens is 380 g/mol. The summed E-state index contributed by atoms with van der Waals surface area (Å²) >= 11 is 0. The zero-order valence-corrected chi connectivity index (χ0v) is 17.3. The summed E-state index contributed by atoms with van der Waals surface area (Å²) in [6.45, 7) is 1.74. The monoisotopic (exact) mass is 407 g/mol. The highest BCUT2D eigenvalue weighted by molar-refractivity contribution is 6.19. The molecule has 0 bridgehead atoms. The van der Waals surface area contributed by atoms with E-state index in [1.54, 1.807) is 6.92 Å². The first-order valence-corrected chi connectivity index (χ1v) is 10.8. The van der Waals surface area contributed by atoms with E-state index < -0.39 is 11.6 Å². The van der Waals surface area contributed by atoms with Crippen LogP contribution in [0.15, 0.2) is 47.1 Å². The fourth-order valence-corrected chi connectivity index (χ4v) is 4.40. The molecule has 2 N–H and O–H groups in total. The van der Waals surface area contributed by atoms with Gasteiger partial charge in [0.2, 0.25) is 0 Å². The molecule has 2 aliphatic rings. The van der Waals surface area contributed by atoms with Crippen LogP contribution in [0.3, 0.4) is 0 Å². The lowest BCUT2D eigenvalue weighted by atomic mass is 9.95. The van der Waals surface area contributed by atoms with E-state index in [1.807, 2.05) is 24.4 Å². The molecule has 1 heterocycles. The van der Waals surface area contributed by atoms with E-state index in [9.17, 15) is 8.78 Å². The van der Waals surface area contributed by atoms with Crippen LogP contribution >= 0.6 is 0 Å². The van der Waals surface area contributed by atoms with E-state index in [2.05, 4.69) is 5.32 Å². The zero-order chi connectivity index (χ0) is 21.1. The van der Waals surface area contributed by atoms with E-state index in [-0.39, 0.29) is 5.56 Å². The number of hydrogen-bond acceptors (Lipinski definition) is 3. The molecule has 0 amide bonds. The van der Waals surface area contributed by atoms with E-state index in [0.29, 0.717) is 30.0 Å². The molecule has 0 atom stereocenters. The molecule has 0 radical (unpaired) electrons. The number of fused-ring (bicyclic) bond motifs is 1. The molecule has 0 aromatic heterocycles. The summed E-state index contributed by atoms with van der Waals surface area (Å²) in [6, 6.07) is 8.96. The Kier molecular flexibility index (Phi) is 6.07. The maximum absolute atomic E-state index is 14.4. The topological polar surface area (TPSA) is 48.2 Å². The average molecular weight is 408 g/mol. The zero-order valence-electron chi connectivity index (χ0n) is 17.3. The Morgan fingerprint density at radius 1 is 1.17 bits per heavy atom. The summed E-state index contributed by atoms with van der Waals surface area (Å²) in [7, 11) is 0. The van der Waals surface area contributed by atoms with Gasteiger partial charge in [-0.25, -0.2) is 8.78 Å². The third-order valence-electron chi connectivity index (χ3n) is 6.10. The number of benzene rings is 2. The largest absolute Gasteiger partial charge is 0.388 e. The highest BCUT2D eigenvalue weighted by Crippen LogP contribution is 2.39. The van der Waals surface area contributed by atoms with Gasteiger partial charge in [-0.05, 0) is 42.5 Å². The van der Waals surface area contributed by atoms with Crippen molar-refractivity contribution in [2.24, 2.45) is 4.99 Å². The van der Waals surface area contributed by atoms with Crippen LogP contribution in [0.4, 0.5) is 14.5 Å². The van der Waals surface area contributed by atoms with Crippen LogP contribution in [0.5, 0.6) is 0 Å². The van der Waals surface area contributed by atoms with Crippen LogP contribution in [-0.2, 0) is 12.8 Å². The van der Waals surface area contributed by atoms with Crippen molar-refractivity contribution in [3.8, 4) is 11.1 Å². The van der Waals surface area contributed by atoms with Crippen LogP contribution in [-0.4, -0.2) is 18.0 Å². The van der Waals surface area contributed by atoms with Gasteiger partial charge in [0.1, 0.15) is 11.6 Å². The maximum Gasteiger partial charge on any atom is 0.129 e. The van der Waals surface area contributed by atoms with Gasteiger partial charge in [-0.1, -0.05) is 44.4 Å². The van der Waals surface area contributed by atoms with Crippen LogP contribution in [0.2, 0.25) is 0 Å². The Morgan fingerprint density at radius 3 is 2.57 bits per heavy atom. The fourth-order valence-electron chi connectivity index (χ4n) is 4.40. The number of hydrogen-bond donors (Lipinski definition) is 2. The fraction of sp³-hybridized carbons (Fsp3) is 0.360. The highest BCUT2D eigenvalue weighted by atomic mass is 19.1. The van der Waals surface area contributed by atoms with Crippen molar-refractivity contribution < 1.29 is 8.78 Å². The molecule has 2 aromatic carbocycles. The van der Waals surface area contributed by atoms with Crippen molar-refractivity contribution in [2.75, 3.05) is 0 Å². The first-order chi connectivity index (χ1) is 14.6. The SMILES string of the molecule is CCc1c(F)cc(-c2cccc3c2N=C(/C(C=N)=C/NC2CCCCC2)C3)cc1F. The summed E-state index contributed by atoms with van der Waals surface area (Å²) < 4.78 is 28.7. The molecule has 0 spiro atoms. The third-order valence-corrected chi connectivity index (χ3v) is 6.10. The molecule has 3 nitrogen and oxygen atoms in total. The van der Waals surface area contributed by atoms with Crippen molar-refractivity contribution in [3.63, 3.8) is 0 Å². The summed E-state index contributed by atoms with van der Waals surface area (Å²) in [4.78, 5) is 4.78. The summed E-state index contributed by atoms with van der Waals surface area (Å²) in [5.41, 5.74) is 4.62. The average Bonchev–Trinajstić information content (AvgIpc) is 3.19. The molecular formula is C25H27F2N3. The molecule has 4 rings (SSSR count). The van der Waals surface area contributed by atoms with Crippen LogP contribution in [0, 0.1) is 17.0 Å². The molecule has 30 heavy (non-hydrogen) atoms. The van der Waals surface area contributed by atoms with Gasteiger partial charge in [0.25, 0.3) is 0 Å². The number of rotatable bonds is 6. The highest BCUT2D eigenvalue weighted by Gasteiger charge is 2.22. The summed E-state index contributed by atoms with van der Waals surface area (Å²) in [5.74, 6) is -1.05. The van der Waals surface area contributed by atoms with Crippen molar-refractivity contribution in [3.05, 3.63) is 64.9 Å². The van der Waals surface area contributed by atoms with Gasteiger partial charge in [0, 0.05) is 41.6 Å². The molecule has 1 fully saturated rings. The molecule has 1 aliphatic carbocycles. The van der Waals surface area contributed by atoms with E-state index in [0.717, 1.165) is 35.4 Å². The maximum atomic E-state index is 14.4. The van der Waals surface area contributed by atoms with E-state index >= 15 is 0 Å². The molecule has 1 saturated carbocycles. The normalized spacial score (nSPS) is 16.9.